The van der Waals surface area contributed by atoms with Crippen molar-refractivity contribution in [2.75, 3.05) is 0 Å². The number of amides is 3. The van der Waals surface area contributed by atoms with Crippen LogP contribution in [0.25, 0.3) is 0 Å². The Morgan fingerprint density at radius 2 is 1.75 bits per heavy atom. The normalized spacial score (nSPS) is 11.5. The molecule has 20 heavy (non-hydrogen) atoms. The first-order chi connectivity index (χ1) is 9.38. The smallest absolute Gasteiger partial charge is 0.321 e. The highest BCUT2D eigenvalue weighted by Gasteiger charge is 2.12. The molecule has 0 heterocycles. The zero-order valence-corrected chi connectivity index (χ0v) is 11.5. The minimum Gasteiger partial charge on any atom is -0.481 e. The average molecular weight is 278 g/mol. The number of carboxylic acid groups (broad SMARTS) is 1. The molecule has 0 bridgehead atoms. The van der Waals surface area contributed by atoms with E-state index in [1.165, 1.54) is 0 Å². The molecular weight excluding hydrogens is 260 g/mol. The number of benzene rings is 1. The second-order valence-electron chi connectivity index (χ2n) is 4.55. The van der Waals surface area contributed by atoms with Gasteiger partial charge in [-0.15, -0.1) is 0 Å². The van der Waals surface area contributed by atoms with Crippen molar-refractivity contribution in [1.82, 2.24) is 10.6 Å². The SMILES string of the molecule is Cc1ccc(C(C)NC(=O)NC(=O)CCC(=O)O)cc1. The minimum atomic E-state index is -1.08. The van der Waals surface area contributed by atoms with Gasteiger partial charge in [0.05, 0.1) is 12.5 Å². The van der Waals surface area contributed by atoms with Crippen molar-refractivity contribution in [1.29, 1.82) is 0 Å². The van der Waals surface area contributed by atoms with E-state index < -0.39 is 17.9 Å². The summed E-state index contributed by atoms with van der Waals surface area (Å²) in [7, 11) is 0. The number of aryl methyl sites for hydroxylation is 1. The number of rotatable bonds is 5. The van der Waals surface area contributed by atoms with E-state index >= 15 is 0 Å². The lowest BCUT2D eigenvalue weighted by molar-refractivity contribution is -0.138. The highest BCUT2D eigenvalue weighted by Crippen LogP contribution is 2.12. The summed E-state index contributed by atoms with van der Waals surface area (Å²) in [4.78, 5) is 33.1. The van der Waals surface area contributed by atoms with Crippen LogP contribution in [0, 0.1) is 6.92 Å². The van der Waals surface area contributed by atoms with E-state index in [2.05, 4.69) is 10.6 Å². The predicted molar refractivity (Wildman–Crippen MR) is 73.1 cm³/mol. The largest absolute Gasteiger partial charge is 0.481 e. The Labute approximate surface area is 117 Å². The highest BCUT2D eigenvalue weighted by molar-refractivity contribution is 5.95. The van der Waals surface area contributed by atoms with Gasteiger partial charge in [0.1, 0.15) is 0 Å². The van der Waals surface area contributed by atoms with Gasteiger partial charge in [-0.2, -0.15) is 0 Å². The molecule has 0 aliphatic heterocycles. The first-order valence-electron chi connectivity index (χ1n) is 6.27. The molecule has 0 aromatic heterocycles. The number of nitrogens with one attached hydrogen (secondary N) is 2. The van der Waals surface area contributed by atoms with Gasteiger partial charge in [-0.25, -0.2) is 4.79 Å². The first-order valence-corrected chi connectivity index (χ1v) is 6.27. The van der Waals surface area contributed by atoms with E-state index in [1.54, 1.807) is 6.92 Å². The van der Waals surface area contributed by atoms with Gasteiger partial charge in [0.2, 0.25) is 5.91 Å². The predicted octanol–water partition coefficient (Wildman–Crippen LogP) is 1.75. The van der Waals surface area contributed by atoms with Gasteiger partial charge in [0.15, 0.2) is 0 Å². The molecule has 0 aliphatic rings. The molecule has 1 aromatic carbocycles. The summed E-state index contributed by atoms with van der Waals surface area (Å²) in [5.41, 5.74) is 2.04. The number of hydrogen-bond donors (Lipinski definition) is 3. The summed E-state index contributed by atoms with van der Waals surface area (Å²) in [6.45, 7) is 3.77. The van der Waals surface area contributed by atoms with Crippen LogP contribution in [0.1, 0.15) is 36.9 Å². The lowest BCUT2D eigenvalue weighted by atomic mass is 10.1. The van der Waals surface area contributed by atoms with Gasteiger partial charge >= 0.3 is 12.0 Å². The molecule has 1 atom stereocenters. The Bertz CT molecular complexity index is 496. The monoisotopic (exact) mass is 278 g/mol. The molecule has 3 amide bonds. The van der Waals surface area contributed by atoms with Crippen molar-refractivity contribution >= 4 is 17.9 Å². The lowest BCUT2D eigenvalue weighted by Crippen LogP contribution is -2.40. The third-order valence-electron chi connectivity index (χ3n) is 2.74. The molecule has 108 valence electrons. The van der Waals surface area contributed by atoms with Crippen LogP contribution in [0.5, 0.6) is 0 Å². The molecule has 0 spiro atoms. The van der Waals surface area contributed by atoms with Crippen molar-refractivity contribution in [3.8, 4) is 0 Å². The maximum Gasteiger partial charge on any atom is 0.321 e. The number of urea groups is 1. The Hall–Kier alpha value is -2.37. The molecule has 0 aliphatic carbocycles. The van der Waals surface area contributed by atoms with E-state index in [9.17, 15) is 14.4 Å². The van der Waals surface area contributed by atoms with Crippen LogP contribution in [0.15, 0.2) is 24.3 Å². The quantitative estimate of drug-likeness (QED) is 0.764. The molecule has 1 unspecified atom stereocenters. The Kier molecular flexibility index (Phi) is 5.71. The van der Waals surface area contributed by atoms with Crippen LogP contribution < -0.4 is 10.6 Å². The Morgan fingerprint density at radius 3 is 2.30 bits per heavy atom. The maximum atomic E-state index is 11.6. The second kappa shape index (κ2) is 7.28. The van der Waals surface area contributed by atoms with Crippen LogP contribution >= 0.6 is 0 Å². The van der Waals surface area contributed by atoms with Gasteiger partial charge < -0.3 is 10.4 Å². The summed E-state index contributed by atoms with van der Waals surface area (Å²) < 4.78 is 0. The number of hydrogen-bond acceptors (Lipinski definition) is 3. The molecule has 1 rings (SSSR count). The number of aliphatic carboxylic acids is 1. The average Bonchev–Trinajstić information content (AvgIpc) is 2.36. The number of carboxylic acids is 1. The molecule has 0 radical (unpaired) electrons. The van der Waals surface area contributed by atoms with Crippen molar-refractivity contribution < 1.29 is 19.5 Å². The van der Waals surface area contributed by atoms with E-state index in [1.807, 2.05) is 31.2 Å². The van der Waals surface area contributed by atoms with Crippen molar-refractivity contribution in [2.24, 2.45) is 0 Å². The van der Waals surface area contributed by atoms with Crippen molar-refractivity contribution in [2.45, 2.75) is 32.7 Å². The fraction of sp³-hybridized carbons (Fsp3) is 0.357. The van der Waals surface area contributed by atoms with Crippen LogP contribution in [-0.4, -0.2) is 23.0 Å². The van der Waals surface area contributed by atoms with Crippen LogP contribution in [0.3, 0.4) is 0 Å². The maximum absolute atomic E-state index is 11.6. The topological polar surface area (TPSA) is 95.5 Å². The highest BCUT2D eigenvalue weighted by atomic mass is 16.4. The van der Waals surface area contributed by atoms with E-state index in [-0.39, 0.29) is 18.9 Å². The standard InChI is InChI=1S/C14H18N2O4/c1-9-3-5-11(6-4-9)10(2)15-14(20)16-12(17)7-8-13(18)19/h3-6,10H,7-8H2,1-2H3,(H,18,19)(H2,15,16,17,20). The van der Waals surface area contributed by atoms with Gasteiger partial charge in [0.25, 0.3) is 0 Å². The third kappa shape index (κ3) is 5.51. The molecule has 0 saturated carbocycles. The summed E-state index contributed by atoms with van der Waals surface area (Å²) in [5.74, 6) is -1.69. The van der Waals surface area contributed by atoms with Gasteiger partial charge in [-0.05, 0) is 19.4 Å². The van der Waals surface area contributed by atoms with E-state index in [0.717, 1.165) is 11.1 Å². The van der Waals surface area contributed by atoms with Gasteiger partial charge in [-0.3, -0.25) is 14.9 Å². The second-order valence-corrected chi connectivity index (χ2v) is 4.55. The summed E-state index contributed by atoms with van der Waals surface area (Å²) in [6, 6.07) is 6.78. The zero-order chi connectivity index (χ0) is 15.1. The molecule has 6 heteroatoms. The lowest BCUT2D eigenvalue weighted by Gasteiger charge is -2.14. The fourth-order valence-corrected chi connectivity index (χ4v) is 1.58. The van der Waals surface area contributed by atoms with Crippen molar-refractivity contribution in [3.05, 3.63) is 35.4 Å². The van der Waals surface area contributed by atoms with Gasteiger partial charge in [0, 0.05) is 6.42 Å². The number of imide groups is 1. The number of carbonyl (C=O) groups excluding carboxylic acids is 2. The van der Waals surface area contributed by atoms with Crippen LogP contribution in [0.4, 0.5) is 4.79 Å². The van der Waals surface area contributed by atoms with E-state index in [0.29, 0.717) is 0 Å². The Balaban J connectivity index is 2.43. The molecule has 6 nitrogen and oxygen atoms in total. The summed E-state index contributed by atoms with van der Waals surface area (Å²) in [6.07, 6.45) is -0.520. The first kappa shape index (κ1) is 15.7. The third-order valence-corrected chi connectivity index (χ3v) is 2.74. The van der Waals surface area contributed by atoms with Crippen molar-refractivity contribution in [3.63, 3.8) is 0 Å². The molecule has 1 aromatic rings. The zero-order valence-electron chi connectivity index (χ0n) is 11.5. The van der Waals surface area contributed by atoms with Crippen LogP contribution in [-0.2, 0) is 9.59 Å². The van der Waals surface area contributed by atoms with E-state index in [4.69, 9.17) is 5.11 Å². The molecule has 3 N–H and O–H groups in total. The van der Waals surface area contributed by atoms with Crippen LogP contribution in [0.2, 0.25) is 0 Å². The van der Waals surface area contributed by atoms with Gasteiger partial charge in [-0.1, -0.05) is 29.8 Å². The molecule has 0 fully saturated rings. The Morgan fingerprint density at radius 1 is 1.15 bits per heavy atom. The molecule has 0 saturated heterocycles. The summed E-state index contributed by atoms with van der Waals surface area (Å²) in [5, 5.41) is 13.1. The summed E-state index contributed by atoms with van der Waals surface area (Å²) >= 11 is 0. The fourth-order valence-electron chi connectivity index (χ4n) is 1.58. The number of carbonyl (C=O) groups is 3. The molecular formula is C14H18N2O4. The minimum absolute atomic E-state index is 0.221.